The maximum Gasteiger partial charge on any atom is 0.233 e. The van der Waals surface area contributed by atoms with Crippen molar-refractivity contribution in [2.24, 2.45) is 45.0 Å². The first-order chi connectivity index (χ1) is 16.4. The van der Waals surface area contributed by atoms with E-state index in [1.807, 2.05) is 13.8 Å². The van der Waals surface area contributed by atoms with Crippen LogP contribution in [0.5, 0.6) is 0 Å². The maximum absolute atomic E-state index is 13.6. The van der Waals surface area contributed by atoms with Crippen LogP contribution in [0.3, 0.4) is 0 Å². The molecule has 1 atom stereocenters. The topological polar surface area (TPSA) is 139 Å². The van der Waals surface area contributed by atoms with Gasteiger partial charge in [-0.05, 0) is 47.8 Å². The van der Waals surface area contributed by atoms with E-state index >= 15 is 0 Å². The Hall–Kier alpha value is -1.67. The van der Waals surface area contributed by atoms with E-state index in [1.54, 1.807) is 0 Å². The third-order valence-corrected chi connectivity index (χ3v) is 9.33. The molecule has 0 heterocycles. The molecule has 0 aliphatic rings. The van der Waals surface area contributed by atoms with Crippen LogP contribution in [0.1, 0.15) is 94.9 Å². The molecule has 0 spiro atoms. The van der Waals surface area contributed by atoms with Gasteiger partial charge in [-0.3, -0.25) is 14.4 Å². The van der Waals surface area contributed by atoms with E-state index in [-0.39, 0.29) is 41.0 Å². The molecule has 0 bridgehead atoms. The van der Waals surface area contributed by atoms with Crippen molar-refractivity contribution in [3.63, 3.8) is 0 Å². The molecule has 0 aromatic rings. The molecule has 0 aromatic heterocycles. The van der Waals surface area contributed by atoms with Gasteiger partial charge in [0.05, 0.1) is 6.54 Å². The molecule has 212 valence electrons. The van der Waals surface area contributed by atoms with Crippen LogP contribution in [0.25, 0.3) is 0 Å². The van der Waals surface area contributed by atoms with E-state index in [1.165, 1.54) is 0 Å². The average Bonchev–Trinajstić information content (AvgIpc) is 2.79. The van der Waals surface area contributed by atoms with E-state index in [9.17, 15) is 14.4 Å². The number of hydrogen-bond donors (Lipinski definition) is 5. The minimum absolute atomic E-state index is 0.00575. The maximum atomic E-state index is 13.6. The standard InChI is InChI=1S/C28H57N5O3/c1-20(2)26(5,6)21(23(35)32-16-13-11-12-15-31-22(34)19-30)18-25(3,4)28(9,10)27(7,8)24(36)33-17-14-29/h20-21H,11-19,29-30H2,1-10H3,(H,31,34)(H,32,35)(H,33,36). The Kier molecular flexibility index (Phi) is 13.7. The summed E-state index contributed by atoms with van der Waals surface area (Å²) < 4.78 is 0. The lowest BCUT2D eigenvalue weighted by Crippen LogP contribution is -2.55. The molecule has 36 heavy (non-hydrogen) atoms. The number of rotatable bonds is 17. The second kappa shape index (κ2) is 14.3. The number of carbonyl (C=O) groups excluding carboxylic acids is 3. The van der Waals surface area contributed by atoms with Crippen LogP contribution in [-0.2, 0) is 14.4 Å². The zero-order valence-corrected chi connectivity index (χ0v) is 24.9. The Morgan fingerprint density at radius 1 is 0.750 bits per heavy atom. The fourth-order valence-corrected chi connectivity index (χ4v) is 4.46. The van der Waals surface area contributed by atoms with Crippen molar-refractivity contribution in [3.8, 4) is 0 Å². The highest BCUT2D eigenvalue weighted by Crippen LogP contribution is 2.56. The van der Waals surface area contributed by atoms with E-state index in [4.69, 9.17) is 11.5 Å². The molecule has 0 saturated heterocycles. The summed E-state index contributed by atoms with van der Waals surface area (Å²) in [5.74, 6) is 0.00235. The van der Waals surface area contributed by atoms with Crippen molar-refractivity contribution in [2.45, 2.75) is 94.9 Å². The fourth-order valence-electron chi connectivity index (χ4n) is 4.46. The summed E-state index contributed by atoms with van der Waals surface area (Å²) in [5.41, 5.74) is 9.29. The van der Waals surface area contributed by atoms with Crippen LogP contribution in [0.4, 0.5) is 0 Å². The van der Waals surface area contributed by atoms with Crippen LogP contribution < -0.4 is 27.4 Å². The minimum atomic E-state index is -0.659. The summed E-state index contributed by atoms with van der Waals surface area (Å²) in [6.45, 7) is 23.3. The predicted molar refractivity (Wildman–Crippen MR) is 149 cm³/mol. The van der Waals surface area contributed by atoms with Crippen molar-refractivity contribution in [1.29, 1.82) is 0 Å². The summed E-state index contributed by atoms with van der Waals surface area (Å²) in [6, 6.07) is 0. The first kappa shape index (κ1) is 34.3. The van der Waals surface area contributed by atoms with E-state index < -0.39 is 10.8 Å². The summed E-state index contributed by atoms with van der Waals surface area (Å²) in [7, 11) is 0. The van der Waals surface area contributed by atoms with E-state index in [0.717, 1.165) is 19.3 Å². The zero-order chi connectivity index (χ0) is 28.4. The highest BCUT2D eigenvalue weighted by Gasteiger charge is 2.54. The van der Waals surface area contributed by atoms with Crippen LogP contribution in [0.15, 0.2) is 0 Å². The predicted octanol–water partition coefficient (Wildman–Crippen LogP) is 3.19. The molecule has 0 saturated carbocycles. The van der Waals surface area contributed by atoms with Crippen molar-refractivity contribution in [1.82, 2.24) is 16.0 Å². The van der Waals surface area contributed by atoms with Gasteiger partial charge in [-0.1, -0.05) is 69.2 Å². The summed E-state index contributed by atoms with van der Waals surface area (Å²) in [4.78, 5) is 37.9. The molecule has 1 unspecified atom stereocenters. The lowest BCUT2D eigenvalue weighted by molar-refractivity contribution is -0.145. The van der Waals surface area contributed by atoms with Gasteiger partial charge in [0.2, 0.25) is 17.7 Å². The zero-order valence-electron chi connectivity index (χ0n) is 24.9. The van der Waals surface area contributed by atoms with Gasteiger partial charge in [0, 0.05) is 37.5 Å². The molecule has 3 amide bonds. The largest absolute Gasteiger partial charge is 0.356 e. The molecular weight excluding hydrogens is 454 g/mol. The number of unbranched alkanes of at least 4 members (excludes halogenated alkanes) is 2. The normalized spacial score (nSPS) is 13.9. The van der Waals surface area contributed by atoms with Gasteiger partial charge in [0.1, 0.15) is 0 Å². The average molecular weight is 512 g/mol. The molecular formula is C28H57N5O3. The fraction of sp³-hybridized carbons (Fsp3) is 0.893. The SMILES string of the molecule is CC(C)C(C)(C)C(CC(C)(C)C(C)(C)C(C)(C)C(=O)NCCN)C(=O)NCCCCCNC(=O)CN. The highest BCUT2D eigenvalue weighted by atomic mass is 16.2. The number of hydrogen-bond acceptors (Lipinski definition) is 5. The number of nitrogens with one attached hydrogen (secondary N) is 3. The minimum Gasteiger partial charge on any atom is -0.356 e. The lowest BCUT2D eigenvalue weighted by atomic mass is 9.51. The van der Waals surface area contributed by atoms with Crippen LogP contribution in [-0.4, -0.2) is 50.4 Å². The molecule has 7 N–H and O–H groups in total. The third-order valence-electron chi connectivity index (χ3n) is 9.33. The van der Waals surface area contributed by atoms with Gasteiger partial charge in [0.25, 0.3) is 0 Å². The van der Waals surface area contributed by atoms with Gasteiger partial charge in [-0.2, -0.15) is 0 Å². The first-order valence-corrected chi connectivity index (χ1v) is 13.6. The summed E-state index contributed by atoms with van der Waals surface area (Å²) >= 11 is 0. The molecule has 0 rings (SSSR count). The molecule has 8 heteroatoms. The Morgan fingerprint density at radius 2 is 1.28 bits per heavy atom. The van der Waals surface area contributed by atoms with Crippen LogP contribution in [0, 0.1) is 33.5 Å². The summed E-state index contributed by atoms with van der Waals surface area (Å²) in [5, 5.41) is 8.91. The second-order valence-corrected chi connectivity index (χ2v) is 12.8. The van der Waals surface area contributed by atoms with Crippen LogP contribution in [0.2, 0.25) is 0 Å². The lowest BCUT2D eigenvalue weighted by Gasteiger charge is -2.53. The quantitative estimate of drug-likeness (QED) is 0.191. The van der Waals surface area contributed by atoms with Gasteiger partial charge >= 0.3 is 0 Å². The number of carbonyl (C=O) groups is 3. The van der Waals surface area contributed by atoms with Crippen LogP contribution >= 0.6 is 0 Å². The van der Waals surface area contributed by atoms with Gasteiger partial charge < -0.3 is 27.4 Å². The molecule has 0 fully saturated rings. The Morgan fingerprint density at radius 3 is 1.75 bits per heavy atom. The van der Waals surface area contributed by atoms with Crippen molar-refractivity contribution in [3.05, 3.63) is 0 Å². The monoisotopic (exact) mass is 511 g/mol. The first-order valence-electron chi connectivity index (χ1n) is 13.6. The van der Waals surface area contributed by atoms with Crippen molar-refractivity contribution in [2.75, 3.05) is 32.7 Å². The Balaban J connectivity index is 5.49. The van der Waals surface area contributed by atoms with Gasteiger partial charge in [0.15, 0.2) is 0 Å². The summed E-state index contributed by atoms with van der Waals surface area (Å²) in [6.07, 6.45) is 3.27. The van der Waals surface area contributed by atoms with Gasteiger partial charge in [-0.15, -0.1) is 0 Å². The molecule has 8 nitrogen and oxygen atoms in total. The van der Waals surface area contributed by atoms with Gasteiger partial charge in [-0.25, -0.2) is 0 Å². The number of nitrogens with two attached hydrogens (primary N) is 2. The van der Waals surface area contributed by atoms with Crippen molar-refractivity contribution < 1.29 is 14.4 Å². The number of amides is 3. The van der Waals surface area contributed by atoms with Crippen molar-refractivity contribution >= 4 is 17.7 Å². The Labute approximate surface area is 220 Å². The molecule has 0 aliphatic heterocycles. The van der Waals surface area contributed by atoms with E-state index in [2.05, 4.69) is 71.3 Å². The third kappa shape index (κ3) is 9.02. The second-order valence-electron chi connectivity index (χ2n) is 12.8. The highest BCUT2D eigenvalue weighted by molar-refractivity contribution is 5.83. The molecule has 0 aromatic carbocycles. The smallest absolute Gasteiger partial charge is 0.233 e. The molecule has 0 aliphatic carbocycles. The Bertz CT molecular complexity index is 714. The molecule has 0 radical (unpaired) electrons. The van der Waals surface area contributed by atoms with E-state index in [0.29, 0.717) is 38.5 Å².